The Kier molecular flexibility index (Phi) is 44.6. The van der Waals surface area contributed by atoms with Crippen molar-refractivity contribution in [1.29, 1.82) is 0 Å². The second-order valence-corrected chi connectivity index (χ2v) is 44.6. The average molecular weight is 1750 g/mol. The summed E-state index contributed by atoms with van der Waals surface area (Å²) in [5, 5.41) is 13.7. The normalized spacial score (nSPS) is 15.0. The third-order valence-corrected chi connectivity index (χ3v) is 28.2. The predicted molar refractivity (Wildman–Crippen MR) is 559 cm³/mol. The molecule has 0 bridgehead atoms. The molecule has 0 amide bonds. The van der Waals surface area contributed by atoms with Crippen molar-refractivity contribution in [1.82, 2.24) is 0 Å². The third-order valence-electron chi connectivity index (χ3n) is 28.2. The molecule has 0 heterocycles. The van der Waals surface area contributed by atoms with Crippen molar-refractivity contribution in [2.75, 3.05) is 52.9 Å². The Morgan fingerprint density at radius 2 is 0.250 bits per heavy atom. The molecule has 1 aliphatic rings. The van der Waals surface area contributed by atoms with Crippen LogP contribution >= 0.6 is 0 Å². The van der Waals surface area contributed by atoms with E-state index >= 15 is 0 Å². The summed E-state index contributed by atoms with van der Waals surface area (Å²) in [6.07, 6.45) is 46.9. The van der Waals surface area contributed by atoms with Gasteiger partial charge in [0, 0.05) is 0 Å². The molecule has 0 radical (unpaired) electrons. The minimum absolute atomic E-state index is 0.545. The molecule has 712 valence electrons. The highest BCUT2D eigenvalue weighted by atomic mass is 16.5. The molecule has 8 atom stereocenters. The minimum atomic E-state index is 0.545. The van der Waals surface area contributed by atoms with Crippen molar-refractivity contribution in [2.24, 2.45) is 94.7 Å². The molecule has 8 unspecified atom stereocenters. The van der Waals surface area contributed by atoms with Gasteiger partial charge in [-0.05, 0) is 306 Å². The maximum Gasteiger partial charge on any atom is 0.161 e. The molecule has 0 aromatic heterocycles. The standard InChI is InChI=1S/C120H184O8/c1-81(2)33-25-41-89(17)53-61-121-113-73-105-101-69-97-49-50-99-71-103-104(72-100(99)52-51-98(97)70-102(101)106-74-114(122-62-54-90(18)42-26-34-82(3)4)118(126-66-58-94(22)46-30-38-86(11)12)78-110(106)109(105)77-117(113)125-65-57-93(21)45-29-37-85(9)10)108-76-116(124-64-56-92(20)44-28-36-84(7)8)120(128-68-60-96(24)48-32-40-88(15)16)80-112(108)111-79-119(127-67-59-95(23)47-31-39-87(13)14)115(75-107(103)111)123-63-55-91(19)43-27-35-83(5)6/h49-52,69-96H,25-48,53-68H2,1-24H3/b50-49-,52-51-,97-49?,98-51?,99-50?,100-52?. The van der Waals surface area contributed by atoms with Gasteiger partial charge in [0.25, 0.3) is 0 Å². The van der Waals surface area contributed by atoms with Crippen molar-refractivity contribution in [3.05, 3.63) is 95.1 Å². The zero-order valence-corrected chi connectivity index (χ0v) is 86.0. The van der Waals surface area contributed by atoms with Crippen LogP contribution in [0.1, 0.15) is 394 Å². The lowest BCUT2D eigenvalue weighted by molar-refractivity contribution is 0.237. The van der Waals surface area contributed by atoms with Crippen LogP contribution < -0.4 is 37.9 Å². The van der Waals surface area contributed by atoms with Gasteiger partial charge >= 0.3 is 0 Å². The number of hydrogen-bond donors (Lipinski definition) is 0. The smallest absolute Gasteiger partial charge is 0.161 e. The lowest BCUT2D eigenvalue weighted by Crippen LogP contribution is -2.09. The van der Waals surface area contributed by atoms with Gasteiger partial charge in [-0.2, -0.15) is 0 Å². The van der Waals surface area contributed by atoms with Crippen LogP contribution in [-0.2, 0) is 0 Å². The largest absolute Gasteiger partial charge is 0.490 e. The Morgan fingerprint density at radius 1 is 0.141 bits per heavy atom. The maximum atomic E-state index is 7.17. The van der Waals surface area contributed by atoms with E-state index in [2.05, 4.69) is 263 Å². The Morgan fingerprint density at radius 3 is 0.359 bits per heavy atom. The van der Waals surface area contributed by atoms with Crippen LogP contribution in [0.15, 0.2) is 72.8 Å². The number of fused-ring (bicyclic) bond motifs is 14. The second-order valence-electron chi connectivity index (χ2n) is 44.6. The number of rotatable bonds is 64. The summed E-state index contributed by atoms with van der Waals surface area (Å²) in [4.78, 5) is 0. The van der Waals surface area contributed by atoms with Crippen molar-refractivity contribution < 1.29 is 37.9 Å². The second kappa shape index (κ2) is 54.4. The van der Waals surface area contributed by atoms with Crippen molar-refractivity contribution >= 4 is 88.9 Å². The topological polar surface area (TPSA) is 73.8 Å². The van der Waals surface area contributed by atoms with Gasteiger partial charge in [0.2, 0.25) is 0 Å². The molecule has 0 saturated heterocycles. The van der Waals surface area contributed by atoms with Crippen LogP contribution in [0.4, 0.5) is 0 Å². The van der Waals surface area contributed by atoms with Crippen LogP contribution in [-0.4, -0.2) is 52.9 Å². The average Bonchev–Trinajstić information content (AvgIpc) is 0.904. The van der Waals surface area contributed by atoms with E-state index in [4.69, 9.17) is 37.9 Å². The number of benzene rings is 8. The summed E-state index contributed by atoms with van der Waals surface area (Å²) in [6.45, 7) is 61.7. The maximum absolute atomic E-state index is 7.17. The molecule has 0 aliphatic heterocycles. The first kappa shape index (κ1) is 105. The molecule has 8 aromatic carbocycles. The first-order valence-electron chi connectivity index (χ1n) is 52.8. The third kappa shape index (κ3) is 34.7. The lowest BCUT2D eigenvalue weighted by atomic mass is 9.88. The van der Waals surface area contributed by atoms with Crippen LogP contribution in [0.3, 0.4) is 0 Å². The Bertz CT molecular complexity index is 4080. The Balaban J connectivity index is 1.27. The molecule has 0 fully saturated rings. The quantitative estimate of drug-likeness (QED) is 0.0349. The molecule has 1 aliphatic carbocycles. The number of hydrogen-bond acceptors (Lipinski definition) is 8. The molecule has 0 N–H and O–H groups in total. The SMILES string of the molecule is CC(C)CCCC(C)CCOc1cc2c3cc4c(cc3c3cc(OCCC(C)CCCC(C)C)c(OCCC(C)CCCC(C)C)cc3c2cc1OCCC(C)CCCC(C)C)/C=C\c1cc2c(cc1/C=C\4)c1cc(OCCC(C)CCCC(C)C)c(OCCC(C)CCCC(C)C)cc1c1cc(OCCC(C)CCCC(C)C)c(OCCC(C)CCCC(C)C)cc21. The molecule has 0 spiro atoms. The van der Waals surface area contributed by atoms with E-state index in [1.54, 1.807) is 0 Å². The first-order valence-corrected chi connectivity index (χ1v) is 52.8. The van der Waals surface area contributed by atoms with Gasteiger partial charge < -0.3 is 37.9 Å². The van der Waals surface area contributed by atoms with E-state index in [0.29, 0.717) is 148 Å². The summed E-state index contributed by atoms with van der Waals surface area (Å²) in [5.74, 6) is 16.5. The van der Waals surface area contributed by atoms with Crippen molar-refractivity contribution in [2.45, 2.75) is 372 Å². The van der Waals surface area contributed by atoms with Crippen molar-refractivity contribution in [3.8, 4) is 46.0 Å². The van der Waals surface area contributed by atoms with Crippen LogP contribution in [0, 0.1) is 94.7 Å². The lowest BCUT2D eigenvalue weighted by Gasteiger charge is -2.22. The summed E-state index contributed by atoms with van der Waals surface area (Å²) in [7, 11) is 0. The zero-order chi connectivity index (χ0) is 92.3. The fourth-order valence-corrected chi connectivity index (χ4v) is 19.1. The van der Waals surface area contributed by atoms with Gasteiger partial charge in [-0.3, -0.25) is 0 Å². The molecule has 8 nitrogen and oxygen atoms in total. The van der Waals surface area contributed by atoms with Crippen LogP contribution in [0.2, 0.25) is 0 Å². The zero-order valence-electron chi connectivity index (χ0n) is 86.0. The van der Waals surface area contributed by atoms with E-state index in [9.17, 15) is 0 Å². The van der Waals surface area contributed by atoms with E-state index in [0.717, 1.165) is 163 Å². The molecule has 8 heteroatoms. The molecule has 9 rings (SSSR count). The van der Waals surface area contributed by atoms with Crippen molar-refractivity contribution in [3.63, 3.8) is 0 Å². The highest BCUT2D eigenvalue weighted by Gasteiger charge is 2.26. The molecular weight excluding hydrogens is 1570 g/mol. The van der Waals surface area contributed by atoms with E-state index in [1.807, 2.05) is 0 Å². The Hall–Kier alpha value is -6.80. The molecule has 128 heavy (non-hydrogen) atoms. The molecule has 0 saturated carbocycles. The summed E-state index contributed by atoms with van der Waals surface area (Å²) >= 11 is 0. The molecule has 8 aromatic rings. The molecular formula is C120H184O8. The highest BCUT2D eigenvalue weighted by Crippen LogP contribution is 2.50. The van der Waals surface area contributed by atoms with Gasteiger partial charge in [-0.15, -0.1) is 0 Å². The van der Waals surface area contributed by atoms with Gasteiger partial charge in [0.15, 0.2) is 46.0 Å². The van der Waals surface area contributed by atoms with E-state index in [1.165, 1.54) is 176 Å². The fourth-order valence-electron chi connectivity index (χ4n) is 19.1. The Labute approximate surface area is 782 Å². The monoisotopic (exact) mass is 1750 g/mol. The van der Waals surface area contributed by atoms with Gasteiger partial charge in [0.05, 0.1) is 52.9 Å². The van der Waals surface area contributed by atoms with Gasteiger partial charge in [-0.25, -0.2) is 0 Å². The van der Waals surface area contributed by atoms with Gasteiger partial charge in [0.1, 0.15) is 0 Å². The summed E-state index contributed by atoms with van der Waals surface area (Å²) < 4.78 is 57.3. The fraction of sp³-hybridized carbons (Fsp3) is 0.667. The van der Waals surface area contributed by atoms with E-state index in [-0.39, 0.29) is 0 Å². The summed E-state index contributed by atoms with van der Waals surface area (Å²) in [6, 6.07) is 28.6. The minimum Gasteiger partial charge on any atom is -0.490 e. The number of ether oxygens (including phenoxy) is 8. The predicted octanol–water partition coefficient (Wildman–Crippen LogP) is 37.1. The first-order chi connectivity index (χ1) is 61.4. The van der Waals surface area contributed by atoms with Crippen LogP contribution in [0.25, 0.3) is 88.9 Å². The van der Waals surface area contributed by atoms with Gasteiger partial charge in [-0.1, -0.05) is 345 Å². The van der Waals surface area contributed by atoms with Crippen LogP contribution in [0.5, 0.6) is 46.0 Å². The highest BCUT2D eigenvalue weighted by molar-refractivity contribution is 6.28. The van der Waals surface area contributed by atoms with E-state index < -0.39 is 0 Å². The summed E-state index contributed by atoms with van der Waals surface area (Å²) in [5.41, 5.74) is 4.60.